The zero-order valence-electron chi connectivity index (χ0n) is 25.9. The van der Waals surface area contributed by atoms with Gasteiger partial charge in [-0.3, -0.25) is 9.59 Å². The van der Waals surface area contributed by atoms with E-state index in [1.807, 2.05) is 29.0 Å². The number of carbonyl (C=O) groups excluding carboxylic acids is 2. The van der Waals surface area contributed by atoms with Crippen molar-refractivity contribution in [3.63, 3.8) is 0 Å². The molecule has 0 bridgehead atoms. The van der Waals surface area contributed by atoms with Crippen molar-refractivity contribution in [1.82, 2.24) is 19.5 Å². The van der Waals surface area contributed by atoms with E-state index in [0.717, 1.165) is 11.0 Å². The maximum absolute atomic E-state index is 11.6. The molecule has 2 fully saturated rings. The Bertz CT molecular complexity index is 1680. The second-order valence-corrected chi connectivity index (χ2v) is 11.8. The van der Waals surface area contributed by atoms with Crippen molar-refractivity contribution in [3.05, 3.63) is 70.6 Å². The number of H-pyrrole nitrogens is 1. The summed E-state index contributed by atoms with van der Waals surface area (Å²) in [5.41, 5.74) is 4.21. The fraction of sp³-hybridized carbons (Fsp3) is 0.471. The molecule has 11 heteroatoms. The molecule has 6 rings (SSSR count). The number of hydrogen-bond donors (Lipinski definition) is 1. The van der Waals surface area contributed by atoms with Crippen LogP contribution < -0.4 is 0 Å². The van der Waals surface area contributed by atoms with Gasteiger partial charge in [0, 0.05) is 23.2 Å². The van der Waals surface area contributed by atoms with Crippen LogP contribution in [-0.2, 0) is 25.6 Å². The maximum atomic E-state index is 11.6. The highest BCUT2D eigenvalue weighted by atomic mass is 79.9. The number of nitrogens with one attached hydrogen (secondary N) is 1. The van der Waals surface area contributed by atoms with Gasteiger partial charge in [0.1, 0.15) is 11.9 Å². The molecule has 2 aliphatic rings. The summed E-state index contributed by atoms with van der Waals surface area (Å²) in [4.78, 5) is 40.2. The highest BCUT2D eigenvalue weighted by molar-refractivity contribution is 9.09. The number of fused-ring (bicyclic) bond motifs is 2. The van der Waals surface area contributed by atoms with Crippen LogP contribution in [0.1, 0.15) is 87.2 Å². The number of nitrogens with zero attached hydrogens (tertiary/aromatic N) is 5. The number of aromatic amines is 1. The smallest absolute Gasteiger partial charge is 0.325 e. The number of ether oxygens (including phenoxy) is 2. The molecule has 0 unspecified atom stereocenters. The van der Waals surface area contributed by atoms with Gasteiger partial charge in [-0.05, 0) is 60.8 Å². The van der Waals surface area contributed by atoms with E-state index >= 15 is 0 Å². The van der Waals surface area contributed by atoms with Crippen LogP contribution in [0.25, 0.3) is 31.8 Å². The number of alkyl halides is 1. The summed E-state index contributed by atoms with van der Waals surface area (Å²) in [6.07, 6.45) is 16.9. The predicted octanol–water partition coefficient (Wildman–Crippen LogP) is 8.52. The Kier molecular flexibility index (Phi) is 12.5. The molecule has 0 aliphatic heterocycles. The van der Waals surface area contributed by atoms with E-state index in [2.05, 4.69) is 51.5 Å². The monoisotopic (exact) mass is 674 g/mol. The van der Waals surface area contributed by atoms with Crippen molar-refractivity contribution in [3.8, 4) is 0 Å². The van der Waals surface area contributed by atoms with Gasteiger partial charge in [-0.2, -0.15) is 0 Å². The summed E-state index contributed by atoms with van der Waals surface area (Å²) in [7, 11) is 2.73. The summed E-state index contributed by atoms with van der Waals surface area (Å²) in [5, 5.41) is 2.54. The fourth-order valence-corrected chi connectivity index (χ4v) is 6.42. The number of pyridine rings is 2. The number of rotatable bonds is 5. The van der Waals surface area contributed by atoms with Crippen LogP contribution in [0.4, 0.5) is 11.6 Å². The summed E-state index contributed by atoms with van der Waals surface area (Å²) in [5.74, 6) is 1.48. The molecule has 0 amide bonds. The molecule has 0 saturated heterocycles. The van der Waals surface area contributed by atoms with Gasteiger partial charge in [-0.25, -0.2) is 0 Å². The first kappa shape index (κ1) is 33.7. The average molecular weight is 676 g/mol. The molecule has 0 atom stereocenters. The number of aromatic nitrogens is 4. The normalized spacial score (nSPS) is 15.1. The quantitative estimate of drug-likeness (QED) is 0.129. The molecule has 4 aromatic heterocycles. The Balaban J connectivity index is 0.000000178. The van der Waals surface area contributed by atoms with Crippen LogP contribution in [0, 0.1) is 13.1 Å². The molecule has 236 valence electrons. The zero-order valence-corrected chi connectivity index (χ0v) is 27.4. The van der Waals surface area contributed by atoms with E-state index in [9.17, 15) is 9.59 Å². The third-order valence-corrected chi connectivity index (χ3v) is 8.94. The molecular weight excluding hydrogens is 636 g/mol. The number of carbonyl (C=O) groups is 2. The second kappa shape index (κ2) is 16.7. The molecule has 4 aromatic rings. The van der Waals surface area contributed by atoms with Crippen LogP contribution in [0.15, 0.2) is 36.7 Å². The first-order valence-electron chi connectivity index (χ1n) is 15.3. The second-order valence-electron chi connectivity index (χ2n) is 11.2. The molecule has 1 N–H and O–H groups in total. The Morgan fingerprint density at radius 2 is 1.40 bits per heavy atom. The number of methoxy groups -OCH3 is 2. The van der Waals surface area contributed by atoms with Gasteiger partial charge in [0.2, 0.25) is 11.3 Å². The lowest BCUT2D eigenvalue weighted by Crippen LogP contribution is -2.11. The van der Waals surface area contributed by atoms with Crippen molar-refractivity contribution in [2.45, 2.75) is 82.6 Å². The van der Waals surface area contributed by atoms with E-state index in [-0.39, 0.29) is 23.8 Å². The Morgan fingerprint density at radius 3 is 1.93 bits per heavy atom. The van der Waals surface area contributed by atoms with E-state index < -0.39 is 0 Å². The van der Waals surface area contributed by atoms with Crippen LogP contribution in [0.3, 0.4) is 0 Å². The van der Waals surface area contributed by atoms with Gasteiger partial charge in [0.25, 0.3) is 11.6 Å². The lowest BCUT2D eigenvalue weighted by Gasteiger charge is -2.20. The predicted molar refractivity (Wildman–Crippen MR) is 178 cm³/mol. The third-order valence-electron chi connectivity index (χ3n) is 8.48. The highest BCUT2D eigenvalue weighted by Crippen LogP contribution is 2.38. The summed E-state index contributed by atoms with van der Waals surface area (Å²) in [6.45, 7) is 14.2. The number of hydrogen-bond acceptors (Lipinski definition) is 6. The minimum absolute atomic E-state index is 0.133. The Labute approximate surface area is 272 Å². The average Bonchev–Trinajstić information content (AvgIpc) is 3.70. The minimum Gasteiger partial charge on any atom is -0.468 e. The zero-order chi connectivity index (χ0) is 32.2. The largest absolute Gasteiger partial charge is 0.468 e. The van der Waals surface area contributed by atoms with Crippen LogP contribution in [-0.4, -0.2) is 51.0 Å². The molecule has 2 saturated carbocycles. The van der Waals surface area contributed by atoms with Gasteiger partial charge in [-0.1, -0.05) is 79.7 Å². The lowest BCUT2D eigenvalue weighted by atomic mass is 9.84. The Morgan fingerprint density at radius 1 is 0.844 bits per heavy atom. The van der Waals surface area contributed by atoms with Crippen molar-refractivity contribution < 1.29 is 19.1 Å². The van der Waals surface area contributed by atoms with E-state index in [1.165, 1.54) is 94.9 Å². The maximum Gasteiger partial charge on any atom is 0.325 e. The summed E-state index contributed by atoms with van der Waals surface area (Å²) in [6, 6.07) is 7.57. The van der Waals surface area contributed by atoms with Crippen LogP contribution >= 0.6 is 15.9 Å². The number of halogens is 1. The van der Waals surface area contributed by atoms with E-state index in [1.54, 1.807) is 6.07 Å². The molecule has 0 radical (unpaired) electrons. The van der Waals surface area contributed by atoms with Gasteiger partial charge >= 0.3 is 11.9 Å². The molecule has 2 aliphatic carbocycles. The van der Waals surface area contributed by atoms with Crippen molar-refractivity contribution in [2.24, 2.45) is 0 Å². The molecular formula is C34H39BrN6O4. The first-order chi connectivity index (χ1) is 21.9. The van der Waals surface area contributed by atoms with Gasteiger partial charge in [0.15, 0.2) is 0 Å². The van der Waals surface area contributed by atoms with Gasteiger partial charge < -0.3 is 28.7 Å². The van der Waals surface area contributed by atoms with Crippen molar-refractivity contribution >= 4 is 61.6 Å². The standard InChI is InChI=1S/C17H19N3O2.C14H15N3.C3H5BrO2/c1-18-15-9-8-13-14(12-6-4-3-5-7-12)10-20(17(13)19-15)11-16(21)22-2;1-15-13-8-7-11-12(9-16-14(11)17-13)10-5-3-2-4-6-10;1-6-3(5)2-4/h8-10,12H,3-7,11H2,2H3;7-10H,2-6H2,(H,16,17);2H2,1H3. The summed E-state index contributed by atoms with van der Waals surface area (Å²) >= 11 is 2.90. The highest BCUT2D eigenvalue weighted by Gasteiger charge is 2.23. The molecule has 4 heterocycles. The first-order valence-corrected chi connectivity index (χ1v) is 16.5. The topological polar surface area (TPSA) is 108 Å². The third kappa shape index (κ3) is 8.70. The van der Waals surface area contributed by atoms with Crippen molar-refractivity contribution in [2.75, 3.05) is 19.5 Å². The summed E-state index contributed by atoms with van der Waals surface area (Å²) < 4.78 is 10.8. The fourth-order valence-electron chi connectivity index (χ4n) is 6.19. The van der Waals surface area contributed by atoms with Crippen molar-refractivity contribution in [1.29, 1.82) is 0 Å². The minimum atomic E-state index is -0.304. The van der Waals surface area contributed by atoms with E-state index in [0.29, 0.717) is 29.1 Å². The van der Waals surface area contributed by atoms with Gasteiger partial charge in [0.05, 0.1) is 14.2 Å². The molecule has 0 aromatic carbocycles. The van der Waals surface area contributed by atoms with Crippen LogP contribution in [0.5, 0.6) is 0 Å². The Hall–Kier alpha value is -4.22. The SMILES string of the molecule is COC(=O)CBr.[C-]#[N+]c1ccc2c(C3CCCCC3)c[nH]c2n1.[C-]#[N+]c1ccc2c(C3CCCCC3)cn(CC(=O)OC)c2n1. The molecule has 10 nitrogen and oxygen atoms in total. The molecule has 45 heavy (non-hydrogen) atoms. The lowest BCUT2D eigenvalue weighted by molar-refractivity contribution is -0.141. The molecule has 0 spiro atoms. The van der Waals surface area contributed by atoms with Crippen LogP contribution in [0.2, 0.25) is 0 Å². The number of esters is 2. The van der Waals surface area contributed by atoms with E-state index in [4.69, 9.17) is 17.9 Å². The van der Waals surface area contributed by atoms with Gasteiger partial charge in [-0.15, -0.1) is 9.97 Å².